The van der Waals surface area contributed by atoms with Gasteiger partial charge in [0.1, 0.15) is 11.9 Å². The predicted molar refractivity (Wildman–Crippen MR) is 141 cm³/mol. The van der Waals surface area contributed by atoms with Crippen molar-refractivity contribution in [3.63, 3.8) is 0 Å². The normalized spacial score (nSPS) is 16.3. The zero-order valence-corrected chi connectivity index (χ0v) is 20.7. The molecular weight excluding hydrogens is 448 g/mol. The van der Waals surface area contributed by atoms with Crippen molar-refractivity contribution in [3.05, 3.63) is 76.9 Å². The molecule has 0 aliphatic carbocycles. The van der Waals surface area contributed by atoms with Gasteiger partial charge in [0.25, 0.3) is 0 Å². The van der Waals surface area contributed by atoms with E-state index in [1.165, 1.54) is 11.1 Å². The number of hydrogen-bond donors (Lipinski definition) is 0. The van der Waals surface area contributed by atoms with Crippen molar-refractivity contribution in [2.45, 2.75) is 26.3 Å². The van der Waals surface area contributed by atoms with Gasteiger partial charge in [-0.05, 0) is 36.1 Å². The van der Waals surface area contributed by atoms with E-state index in [0.717, 1.165) is 73.6 Å². The minimum absolute atomic E-state index is 0.127. The van der Waals surface area contributed by atoms with E-state index in [1.54, 1.807) is 6.92 Å². The largest absolute Gasteiger partial charge is 0.354 e. The first-order valence-corrected chi connectivity index (χ1v) is 12.8. The summed E-state index contributed by atoms with van der Waals surface area (Å²) in [4.78, 5) is 23.7. The number of nitriles is 1. The van der Waals surface area contributed by atoms with Crippen molar-refractivity contribution >= 4 is 28.4 Å². The summed E-state index contributed by atoms with van der Waals surface area (Å²) in [5.74, 6) is 1.27. The molecular formula is C29H30N6O. The van der Waals surface area contributed by atoms with Crippen molar-refractivity contribution in [2.75, 3.05) is 44.2 Å². The number of piperazine rings is 1. The Bertz CT molecular complexity index is 1480. The first kappa shape index (κ1) is 22.6. The van der Waals surface area contributed by atoms with Crippen LogP contribution in [0.3, 0.4) is 0 Å². The quantitative estimate of drug-likeness (QED) is 0.448. The fourth-order valence-electron chi connectivity index (χ4n) is 5.78. The van der Waals surface area contributed by atoms with Crippen LogP contribution < -0.4 is 4.90 Å². The fourth-order valence-corrected chi connectivity index (χ4v) is 5.78. The standard InChI is InChI=1S/C29H30N6O/c1-21(36)33-15-17-34(18-16-33)29-25-20-32(13-11-22-7-3-2-4-8-22)14-12-23(25)24(19-30)28-31-26-9-5-6-10-27(26)35(28)29/h2-10H,11-18,20H2,1H3. The molecule has 182 valence electrons. The van der Waals surface area contributed by atoms with E-state index in [9.17, 15) is 10.1 Å². The maximum Gasteiger partial charge on any atom is 0.219 e. The zero-order chi connectivity index (χ0) is 24.6. The lowest BCUT2D eigenvalue weighted by Crippen LogP contribution is -2.49. The Morgan fingerprint density at radius 3 is 2.47 bits per heavy atom. The molecule has 2 aromatic heterocycles. The number of carbonyl (C=O) groups excluding carboxylic acids is 1. The third-order valence-electron chi connectivity index (χ3n) is 7.69. The Labute approximate surface area is 211 Å². The smallest absolute Gasteiger partial charge is 0.219 e. The number of anilines is 1. The molecule has 7 nitrogen and oxygen atoms in total. The predicted octanol–water partition coefficient (Wildman–Crippen LogP) is 3.63. The van der Waals surface area contributed by atoms with Gasteiger partial charge < -0.3 is 9.80 Å². The van der Waals surface area contributed by atoms with Crippen molar-refractivity contribution in [1.29, 1.82) is 5.26 Å². The van der Waals surface area contributed by atoms with Gasteiger partial charge >= 0.3 is 0 Å². The highest BCUT2D eigenvalue weighted by molar-refractivity contribution is 5.86. The van der Waals surface area contributed by atoms with Gasteiger partial charge in [-0.2, -0.15) is 5.26 Å². The fraction of sp³-hybridized carbons (Fsp3) is 0.345. The summed E-state index contributed by atoms with van der Waals surface area (Å²) in [5.41, 5.74) is 7.10. The van der Waals surface area contributed by atoms with Crippen LogP contribution in [-0.2, 0) is 24.2 Å². The molecule has 4 heterocycles. The van der Waals surface area contributed by atoms with Crippen molar-refractivity contribution < 1.29 is 4.79 Å². The van der Waals surface area contributed by atoms with Crippen molar-refractivity contribution in [1.82, 2.24) is 19.2 Å². The average Bonchev–Trinajstić information content (AvgIpc) is 3.30. The molecule has 36 heavy (non-hydrogen) atoms. The van der Waals surface area contributed by atoms with E-state index < -0.39 is 0 Å². The molecule has 7 heteroatoms. The molecule has 0 atom stereocenters. The summed E-state index contributed by atoms with van der Waals surface area (Å²) in [7, 11) is 0. The van der Waals surface area contributed by atoms with E-state index in [2.05, 4.69) is 56.7 Å². The summed E-state index contributed by atoms with van der Waals surface area (Å²) in [5, 5.41) is 10.3. The number of fused-ring (bicyclic) bond motifs is 4. The molecule has 0 radical (unpaired) electrons. The number of pyridine rings is 1. The van der Waals surface area contributed by atoms with Crippen LogP contribution in [0.15, 0.2) is 54.6 Å². The minimum atomic E-state index is 0.127. The molecule has 0 unspecified atom stereocenters. The molecule has 6 rings (SSSR count). The molecule has 0 spiro atoms. The van der Waals surface area contributed by atoms with E-state index in [-0.39, 0.29) is 5.91 Å². The number of aromatic nitrogens is 2. The zero-order valence-electron chi connectivity index (χ0n) is 20.7. The number of benzene rings is 2. The van der Waals surface area contributed by atoms with Crippen LogP contribution in [0.2, 0.25) is 0 Å². The number of carbonyl (C=O) groups is 1. The molecule has 4 aromatic rings. The molecule has 2 aromatic carbocycles. The number of para-hydroxylation sites is 2. The lowest BCUT2D eigenvalue weighted by Gasteiger charge is -2.39. The van der Waals surface area contributed by atoms with Crippen LogP contribution in [0.1, 0.15) is 29.2 Å². The summed E-state index contributed by atoms with van der Waals surface area (Å²) >= 11 is 0. The van der Waals surface area contributed by atoms with Gasteiger partial charge in [0.05, 0.1) is 16.6 Å². The first-order valence-electron chi connectivity index (χ1n) is 12.8. The number of amides is 1. The van der Waals surface area contributed by atoms with Gasteiger partial charge in [0.2, 0.25) is 5.91 Å². The first-order chi connectivity index (χ1) is 17.6. The maximum atomic E-state index is 12.0. The van der Waals surface area contributed by atoms with E-state index in [4.69, 9.17) is 4.98 Å². The summed E-state index contributed by atoms with van der Waals surface area (Å²) < 4.78 is 2.21. The van der Waals surface area contributed by atoms with Gasteiger partial charge in [-0.25, -0.2) is 4.98 Å². The summed E-state index contributed by atoms with van der Waals surface area (Å²) in [6.07, 6.45) is 1.84. The van der Waals surface area contributed by atoms with Crippen molar-refractivity contribution in [3.8, 4) is 6.07 Å². The lowest BCUT2D eigenvalue weighted by atomic mass is 9.95. The van der Waals surface area contributed by atoms with Crippen LogP contribution in [0.5, 0.6) is 0 Å². The maximum absolute atomic E-state index is 12.0. The summed E-state index contributed by atoms with van der Waals surface area (Å²) in [6, 6.07) is 21.3. The van der Waals surface area contributed by atoms with Crippen LogP contribution in [-0.4, -0.2) is 64.4 Å². The van der Waals surface area contributed by atoms with E-state index >= 15 is 0 Å². The lowest BCUT2D eigenvalue weighted by molar-refractivity contribution is -0.129. The minimum Gasteiger partial charge on any atom is -0.354 e. The third-order valence-corrected chi connectivity index (χ3v) is 7.69. The van der Waals surface area contributed by atoms with E-state index in [0.29, 0.717) is 18.7 Å². The Kier molecular flexibility index (Phi) is 5.82. The molecule has 2 aliphatic heterocycles. The van der Waals surface area contributed by atoms with Gasteiger partial charge in [0.15, 0.2) is 5.65 Å². The second-order valence-electron chi connectivity index (χ2n) is 9.78. The van der Waals surface area contributed by atoms with Gasteiger partial charge in [-0.1, -0.05) is 42.5 Å². The van der Waals surface area contributed by atoms with Crippen molar-refractivity contribution in [2.24, 2.45) is 0 Å². The number of nitrogens with zero attached hydrogens (tertiary/aromatic N) is 6. The second-order valence-corrected chi connectivity index (χ2v) is 9.78. The Balaban J connectivity index is 1.45. The van der Waals surface area contributed by atoms with E-state index in [1.807, 2.05) is 23.1 Å². The monoisotopic (exact) mass is 478 g/mol. The number of rotatable bonds is 4. The molecule has 1 fully saturated rings. The second kappa shape index (κ2) is 9.29. The molecule has 1 saturated heterocycles. The highest BCUT2D eigenvalue weighted by Crippen LogP contribution is 2.37. The summed E-state index contributed by atoms with van der Waals surface area (Å²) in [6.45, 7) is 7.31. The Morgan fingerprint density at radius 1 is 0.972 bits per heavy atom. The molecule has 1 amide bonds. The molecule has 0 bridgehead atoms. The third kappa shape index (κ3) is 3.88. The van der Waals surface area contributed by atoms with Crippen LogP contribution in [0.25, 0.3) is 16.7 Å². The van der Waals surface area contributed by atoms with Crippen LogP contribution in [0, 0.1) is 11.3 Å². The Morgan fingerprint density at radius 2 is 1.72 bits per heavy atom. The van der Waals surface area contributed by atoms with Gasteiger partial charge in [-0.15, -0.1) is 0 Å². The number of hydrogen-bond acceptors (Lipinski definition) is 5. The highest BCUT2D eigenvalue weighted by Gasteiger charge is 2.31. The van der Waals surface area contributed by atoms with Gasteiger partial charge in [0, 0.05) is 58.3 Å². The average molecular weight is 479 g/mol. The van der Waals surface area contributed by atoms with Crippen LogP contribution in [0.4, 0.5) is 5.82 Å². The van der Waals surface area contributed by atoms with Gasteiger partial charge in [-0.3, -0.25) is 14.1 Å². The molecule has 0 saturated carbocycles. The van der Waals surface area contributed by atoms with Crippen LogP contribution >= 0.6 is 0 Å². The highest BCUT2D eigenvalue weighted by atomic mass is 16.2. The number of imidazole rings is 1. The molecule has 0 N–H and O–H groups in total. The topological polar surface area (TPSA) is 67.9 Å². The Hall–Kier alpha value is -3.89. The SMILES string of the molecule is CC(=O)N1CCN(c2c3c(c(C#N)c4nc5ccccc5n24)CCN(CCc2ccccc2)C3)CC1. The molecule has 2 aliphatic rings.